The molecule has 8 nitrogen and oxygen atoms in total. The smallest absolute Gasteiger partial charge is 0.303 e. The summed E-state index contributed by atoms with van der Waals surface area (Å²) in [6.45, 7) is 9.51. The average molecular weight is 446 g/mol. The van der Waals surface area contributed by atoms with Crippen LogP contribution in [0.5, 0.6) is 0 Å². The monoisotopic (exact) mass is 446 g/mol. The molecule has 0 aliphatic heterocycles. The fourth-order valence-electron chi connectivity index (χ4n) is 6.50. The van der Waals surface area contributed by atoms with Crippen molar-refractivity contribution in [2.45, 2.75) is 78.8 Å². The topological polar surface area (TPSA) is 127 Å². The lowest BCUT2D eigenvalue weighted by Gasteiger charge is -2.55. The van der Waals surface area contributed by atoms with Gasteiger partial charge in [0.25, 0.3) is 0 Å². The van der Waals surface area contributed by atoms with Crippen LogP contribution >= 0.6 is 0 Å². The molecule has 32 heavy (non-hydrogen) atoms. The summed E-state index contributed by atoms with van der Waals surface area (Å²) in [4.78, 5) is 51.6. The third-order valence-electron chi connectivity index (χ3n) is 8.25. The third kappa shape index (κ3) is 2.81. The van der Waals surface area contributed by atoms with Gasteiger partial charge >= 0.3 is 11.9 Å². The Balaban J connectivity index is 2.04. The lowest BCUT2D eigenvalue weighted by atomic mass is 9.51. The zero-order valence-corrected chi connectivity index (χ0v) is 19.2. The third-order valence-corrected chi connectivity index (χ3v) is 8.25. The van der Waals surface area contributed by atoms with Gasteiger partial charge in [-0.2, -0.15) is 0 Å². The second kappa shape index (κ2) is 7.09. The van der Waals surface area contributed by atoms with E-state index in [1.165, 1.54) is 13.8 Å². The molecule has 4 aliphatic carbocycles. The van der Waals surface area contributed by atoms with Crippen LogP contribution in [0.1, 0.15) is 54.4 Å². The van der Waals surface area contributed by atoms with Crippen molar-refractivity contribution in [1.82, 2.24) is 0 Å². The largest absolute Gasteiger partial charge is 0.458 e. The van der Waals surface area contributed by atoms with Crippen molar-refractivity contribution in [1.29, 1.82) is 0 Å². The van der Waals surface area contributed by atoms with Crippen LogP contribution in [0.2, 0.25) is 0 Å². The molecule has 1 fully saturated rings. The molecule has 0 heterocycles. The molecule has 0 saturated heterocycles. The molecule has 4 rings (SSSR count). The zero-order valence-electron chi connectivity index (χ0n) is 19.2. The minimum absolute atomic E-state index is 0.00408. The number of Topliss-reactive ketones (excluding diaryl/α,β-unsaturated/α-hetero) is 2. The normalized spacial score (nSPS) is 43.1. The fraction of sp³-hybridized carbons (Fsp3) is 0.667. The van der Waals surface area contributed by atoms with Gasteiger partial charge in [-0.3, -0.25) is 19.2 Å². The van der Waals surface area contributed by atoms with Gasteiger partial charge in [-0.05, 0) is 38.2 Å². The van der Waals surface area contributed by atoms with Crippen molar-refractivity contribution in [3.8, 4) is 0 Å². The van der Waals surface area contributed by atoms with Crippen LogP contribution in [0.15, 0.2) is 22.3 Å². The van der Waals surface area contributed by atoms with Gasteiger partial charge in [-0.1, -0.05) is 19.4 Å². The molecule has 0 aromatic carbocycles. The van der Waals surface area contributed by atoms with Crippen LogP contribution in [0, 0.1) is 22.7 Å². The molecule has 174 valence electrons. The average Bonchev–Trinajstić information content (AvgIpc) is 3.36. The standard InChI is InChI=1S/C24H30O8/c1-9-7-24(9)21(29)15-17(18(28)22(24)30)23(6)8-14(27)10(2)11(3)16(23)20(32-13(5)26)19(15)31-12(4)25/h9,14,16,19-20,22,27,30H,7-8H2,1-6H3/t9-,14+,16+,19-,20+,22-,23+,24-/m1/s1. The first-order valence-electron chi connectivity index (χ1n) is 11.0. The van der Waals surface area contributed by atoms with Gasteiger partial charge in [0, 0.05) is 36.3 Å². The molecule has 8 heteroatoms. The van der Waals surface area contributed by atoms with Gasteiger partial charge in [0.1, 0.15) is 6.10 Å². The van der Waals surface area contributed by atoms with E-state index >= 15 is 0 Å². The van der Waals surface area contributed by atoms with Crippen LogP contribution < -0.4 is 0 Å². The maximum atomic E-state index is 13.8. The fourth-order valence-corrected chi connectivity index (χ4v) is 6.50. The van der Waals surface area contributed by atoms with E-state index in [-0.39, 0.29) is 23.5 Å². The van der Waals surface area contributed by atoms with Gasteiger partial charge in [0.05, 0.1) is 11.5 Å². The molecule has 0 aromatic heterocycles. The van der Waals surface area contributed by atoms with Crippen molar-refractivity contribution in [2.75, 3.05) is 0 Å². The minimum atomic E-state index is -1.49. The Morgan fingerprint density at radius 2 is 1.56 bits per heavy atom. The predicted octanol–water partition coefficient (Wildman–Crippen LogP) is 1.42. The van der Waals surface area contributed by atoms with Gasteiger partial charge in [0.15, 0.2) is 23.8 Å². The Labute approximate surface area is 186 Å². The Kier molecular flexibility index (Phi) is 5.06. The molecule has 2 N–H and O–H groups in total. The van der Waals surface area contributed by atoms with E-state index in [1.807, 2.05) is 0 Å². The summed E-state index contributed by atoms with van der Waals surface area (Å²) in [5.74, 6) is -3.13. The van der Waals surface area contributed by atoms with Crippen LogP contribution in [0.3, 0.4) is 0 Å². The number of ketones is 2. The van der Waals surface area contributed by atoms with Crippen LogP contribution in [-0.4, -0.2) is 58.1 Å². The molecule has 1 spiro atoms. The molecular formula is C24H30O8. The molecule has 0 bridgehead atoms. The second-order valence-corrected chi connectivity index (χ2v) is 10.1. The number of carbonyl (C=O) groups excluding carboxylic acids is 4. The zero-order chi connectivity index (χ0) is 23.9. The van der Waals surface area contributed by atoms with E-state index in [9.17, 15) is 29.4 Å². The summed E-state index contributed by atoms with van der Waals surface area (Å²) < 4.78 is 11.3. The quantitative estimate of drug-likeness (QED) is 0.482. The Morgan fingerprint density at radius 3 is 2.06 bits per heavy atom. The summed E-state index contributed by atoms with van der Waals surface area (Å²) in [5.41, 5.74) is -0.863. The summed E-state index contributed by atoms with van der Waals surface area (Å²) >= 11 is 0. The molecule has 0 amide bonds. The van der Waals surface area contributed by atoms with Crippen LogP contribution in [0.25, 0.3) is 0 Å². The Bertz CT molecular complexity index is 1010. The van der Waals surface area contributed by atoms with Gasteiger partial charge < -0.3 is 19.7 Å². The number of hydrogen-bond acceptors (Lipinski definition) is 8. The van der Waals surface area contributed by atoms with Gasteiger partial charge in [0.2, 0.25) is 0 Å². The summed E-state index contributed by atoms with van der Waals surface area (Å²) in [7, 11) is 0. The molecular weight excluding hydrogens is 416 g/mol. The summed E-state index contributed by atoms with van der Waals surface area (Å²) in [5, 5.41) is 21.7. The van der Waals surface area contributed by atoms with Crippen molar-refractivity contribution in [3.63, 3.8) is 0 Å². The first kappa shape index (κ1) is 22.9. The van der Waals surface area contributed by atoms with Gasteiger partial charge in [-0.15, -0.1) is 0 Å². The lowest BCUT2D eigenvalue weighted by Crippen LogP contribution is -2.62. The van der Waals surface area contributed by atoms with E-state index in [0.717, 1.165) is 0 Å². The van der Waals surface area contributed by atoms with Crippen molar-refractivity contribution < 1.29 is 38.9 Å². The van der Waals surface area contributed by atoms with Crippen LogP contribution in [0.4, 0.5) is 0 Å². The highest BCUT2D eigenvalue weighted by Gasteiger charge is 2.72. The number of ether oxygens (including phenoxy) is 2. The second-order valence-electron chi connectivity index (χ2n) is 10.1. The molecule has 0 unspecified atom stereocenters. The molecule has 0 radical (unpaired) electrons. The number of aliphatic hydroxyl groups excluding tert-OH is 2. The number of fused-ring (bicyclic) bond motifs is 2. The van der Waals surface area contributed by atoms with Crippen molar-refractivity contribution in [2.24, 2.45) is 22.7 Å². The number of carbonyl (C=O) groups is 4. The van der Waals surface area contributed by atoms with E-state index in [1.54, 1.807) is 27.7 Å². The molecule has 8 atom stereocenters. The molecule has 0 aromatic rings. The SMILES string of the molecule is CC(=O)O[C@@H]1[C@H](OC(C)=O)C2=C(C(=O)[C@@H](O)[C@@]3(C[C@H]3C)C2=O)[C@@]2(C)C[C@H](O)C(C)=C(C)[C@@H]12. The molecule has 4 aliphatic rings. The van der Waals surface area contributed by atoms with Crippen molar-refractivity contribution >= 4 is 23.5 Å². The predicted molar refractivity (Wildman–Crippen MR) is 111 cm³/mol. The van der Waals surface area contributed by atoms with E-state index in [4.69, 9.17) is 9.47 Å². The number of rotatable bonds is 2. The highest BCUT2D eigenvalue weighted by Crippen LogP contribution is 2.65. The Morgan fingerprint density at radius 1 is 1.00 bits per heavy atom. The first-order chi connectivity index (χ1) is 14.8. The number of aliphatic hydroxyl groups is 2. The maximum Gasteiger partial charge on any atom is 0.303 e. The lowest BCUT2D eigenvalue weighted by molar-refractivity contribution is -0.175. The minimum Gasteiger partial charge on any atom is -0.458 e. The maximum absolute atomic E-state index is 13.8. The van der Waals surface area contributed by atoms with Gasteiger partial charge in [-0.25, -0.2) is 0 Å². The molecule has 1 saturated carbocycles. The summed E-state index contributed by atoms with van der Waals surface area (Å²) in [6, 6.07) is 0. The highest BCUT2D eigenvalue weighted by molar-refractivity contribution is 6.19. The Hall–Kier alpha value is -2.32. The van der Waals surface area contributed by atoms with E-state index < -0.39 is 64.7 Å². The number of esters is 2. The van der Waals surface area contributed by atoms with Crippen molar-refractivity contribution in [3.05, 3.63) is 22.3 Å². The number of hydrogen-bond donors (Lipinski definition) is 2. The highest BCUT2D eigenvalue weighted by atomic mass is 16.6. The van der Waals surface area contributed by atoms with E-state index in [2.05, 4.69) is 0 Å². The van der Waals surface area contributed by atoms with Crippen LogP contribution in [-0.2, 0) is 28.7 Å². The van der Waals surface area contributed by atoms with E-state index in [0.29, 0.717) is 17.6 Å². The first-order valence-corrected chi connectivity index (χ1v) is 11.0. The summed E-state index contributed by atoms with van der Waals surface area (Å²) in [6.07, 6.45) is -4.21.